The van der Waals surface area contributed by atoms with Gasteiger partial charge in [0.05, 0.1) is 4.47 Å². The van der Waals surface area contributed by atoms with Gasteiger partial charge in [0.1, 0.15) is 5.82 Å². The number of anilines is 2. The minimum absolute atomic E-state index is 0.867. The van der Waals surface area contributed by atoms with E-state index >= 15 is 0 Å². The molecule has 1 N–H and O–H groups in total. The molecule has 0 spiro atoms. The molecule has 3 heteroatoms. The lowest BCUT2D eigenvalue weighted by Gasteiger charge is -2.12. The van der Waals surface area contributed by atoms with E-state index in [1.54, 1.807) is 0 Å². The molecule has 0 aliphatic heterocycles. The second-order valence-electron chi connectivity index (χ2n) is 3.93. The average molecular weight is 291 g/mol. The summed E-state index contributed by atoms with van der Waals surface area (Å²) in [4.78, 5) is 4.35. The van der Waals surface area contributed by atoms with Crippen molar-refractivity contribution < 1.29 is 0 Å². The van der Waals surface area contributed by atoms with Crippen LogP contribution in [0.25, 0.3) is 0 Å². The van der Waals surface area contributed by atoms with Crippen LogP contribution in [0.15, 0.2) is 41.0 Å². The molecule has 0 saturated carbocycles. The molecule has 0 amide bonds. The van der Waals surface area contributed by atoms with Crippen LogP contribution in [-0.4, -0.2) is 4.98 Å². The van der Waals surface area contributed by atoms with Gasteiger partial charge in [-0.05, 0) is 52.5 Å². The molecule has 0 aliphatic carbocycles. The SMILES string of the molecule is CCc1ccccc1Nc1nccc(C)c1Br. The lowest BCUT2D eigenvalue weighted by Crippen LogP contribution is -1.98. The summed E-state index contributed by atoms with van der Waals surface area (Å²) in [6.07, 6.45) is 2.82. The lowest BCUT2D eigenvalue weighted by molar-refractivity contribution is 1.13. The maximum atomic E-state index is 4.35. The number of aryl methyl sites for hydroxylation is 2. The molecular formula is C14H15BrN2. The Morgan fingerprint density at radius 3 is 2.76 bits per heavy atom. The van der Waals surface area contributed by atoms with Crippen LogP contribution in [0.1, 0.15) is 18.1 Å². The monoisotopic (exact) mass is 290 g/mol. The fourth-order valence-corrected chi connectivity index (χ4v) is 2.04. The summed E-state index contributed by atoms with van der Waals surface area (Å²) in [5, 5.41) is 3.37. The van der Waals surface area contributed by atoms with Crippen molar-refractivity contribution in [1.29, 1.82) is 0 Å². The molecule has 0 atom stereocenters. The van der Waals surface area contributed by atoms with E-state index in [1.807, 2.05) is 18.3 Å². The van der Waals surface area contributed by atoms with Crippen molar-refractivity contribution in [3.8, 4) is 0 Å². The number of nitrogens with one attached hydrogen (secondary N) is 1. The Kier molecular flexibility index (Phi) is 3.79. The van der Waals surface area contributed by atoms with Crippen molar-refractivity contribution >= 4 is 27.4 Å². The van der Waals surface area contributed by atoms with Crippen LogP contribution < -0.4 is 5.32 Å². The van der Waals surface area contributed by atoms with Crippen LogP contribution in [-0.2, 0) is 6.42 Å². The standard InChI is InChI=1S/C14H15BrN2/c1-3-11-6-4-5-7-12(11)17-14-13(15)10(2)8-9-16-14/h4-9H,3H2,1-2H3,(H,16,17). The highest BCUT2D eigenvalue weighted by molar-refractivity contribution is 9.10. The molecule has 0 aliphatic rings. The molecule has 1 aromatic carbocycles. The topological polar surface area (TPSA) is 24.9 Å². The first-order chi connectivity index (χ1) is 8.22. The Labute approximate surface area is 110 Å². The van der Waals surface area contributed by atoms with Crippen LogP contribution in [0.2, 0.25) is 0 Å². The number of pyridine rings is 1. The largest absolute Gasteiger partial charge is 0.339 e. The van der Waals surface area contributed by atoms with E-state index in [4.69, 9.17) is 0 Å². The van der Waals surface area contributed by atoms with Gasteiger partial charge in [-0.2, -0.15) is 0 Å². The zero-order valence-corrected chi connectivity index (χ0v) is 11.6. The van der Waals surface area contributed by atoms with E-state index in [0.29, 0.717) is 0 Å². The summed E-state index contributed by atoms with van der Waals surface area (Å²) in [5.74, 6) is 0.867. The van der Waals surface area contributed by atoms with Crippen LogP contribution >= 0.6 is 15.9 Å². The highest BCUT2D eigenvalue weighted by Gasteiger charge is 2.06. The maximum absolute atomic E-state index is 4.35. The Morgan fingerprint density at radius 2 is 2.00 bits per heavy atom. The minimum Gasteiger partial charge on any atom is -0.339 e. The summed E-state index contributed by atoms with van der Waals surface area (Å²) in [7, 11) is 0. The van der Waals surface area contributed by atoms with Gasteiger partial charge in [-0.25, -0.2) is 4.98 Å². The van der Waals surface area contributed by atoms with Crippen LogP contribution in [0.4, 0.5) is 11.5 Å². The van der Waals surface area contributed by atoms with Gasteiger partial charge in [0.25, 0.3) is 0 Å². The molecule has 17 heavy (non-hydrogen) atoms. The lowest BCUT2D eigenvalue weighted by atomic mass is 10.1. The third-order valence-corrected chi connectivity index (χ3v) is 3.73. The fourth-order valence-electron chi connectivity index (χ4n) is 1.71. The third-order valence-electron chi connectivity index (χ3n) is 2.73. The molecule has 1 heterocycles. The number of halogens is 1. The Hall–Kier alpha value is -1.35. The Balaban J connectivity index is 2.35. The molecule has 0 unspecified atom stereocenters. The highest BCUT2D eigenvalue weighted by atomic mass is 79.9. The molecule has 0 fully saturated rings. The summed E-state index contributed by atoms with van der Waals surface area (Å²) in [5.41, 5.74) is 3.59. The molecule has 0 saturated heterocycles. The second kappa shape index (κ2) is 5.32. The van der Waals surface area contributed by atoms with E-state index in [-0.39, 0.29) is 0 Å². The first-order valence-electron chi connectivity index (χ1n) is 5.68. The summed E-state index contributed by atoms with van der Waals surface area (Å²) < 4.78 is 1.02. The zero-order chi connectivity index (χ0) is 12.3. The van der Waals surface area contributed by atoms with Crippen molar-refractivity contribution in [2.24, 2.45) is 0 Å². The number of hydrogen-bond donors (Lipinski definition) is 1. The molecule has 2 aromatic rings. The molecule has 1 aromatic heterocycles. The first kappa shape index (κ1) is 12.1. The van der Waals surface area contributed by atoms with Crippen LogP contribution in [0.3, 0.4) is 0 Å². The second-order valence-corrected chi connectivity index (χ2v) is 4.72. The maximum Gasteiger partial charge on any atom is 0.144 e. The first-order valence-corrected chi connectivity index (χ1v) is 6.47. The number of para-hydroxylation sites is 1. The van der Waals surface area contributed by atoms with Crippen LogP contribution in [0.5, 0.6) is 0 Å². The van der Waals surface area contributed by atoms with Gasteiger partial charge in [0, 0.05) is 11.9 Å². The van der Waals surface area contributed by atoms with Gasteiger partial charge in [0.2, 0.25) is 0 Å². The zero-order valence-electron chi connectivity index (χ0n) is 10.00. The highest BCUT2D eigenvalue weighted by Crippen LogP contribution is 2.27. The Bertz CT molecular complexity index is 523. The number of nitrogens with zero attached hydrogens (tertiary/aromatic N) is 1. The summed E-state index contributed by atoms with van der Waals surface area (Å²) in [6.45, 7) is 4.21. The number of hydrogen-bond acceptors (Lipinski definition) is 2. The smallest absolute Gasteiger partial charge is 0.144 e. The van der Waals surface area contributed by atoms with Gasteiger partial charge in [-0.3, -0.25) is 0 Å². The van der Waals surface area contributed by atoms with E-state index in [9.17, 15) is 0 Å². The summed E-state index contributed by atoms with van der Waals surface area (Å²) >= 11 is 3.56. The van der Waals surface area contributed by atoms with Gasteiger partial charge in [0.15, 0.2) is 0 Å². The predicted octanol–water partition coefficient (Wildman–Crippen LogP) is 4.46. The van der Waals surface area contributed by atoms with E-state index in [1.165, 1.54) is 11.1 Å². The molecular weight excluding hydrogens is 276 g/mol. The summed E-state index contributed by atoms with van der Waals surface area (Å²) in [6, 6.07) is 10.3. The van der Waals surface area contributed by atoms with Crippen molar-refractivity contribution in [3.63, 3.8) is 0 Å². The third kappa shape index (κ3) is 2.67. The molecule has 88 valence electrons. The normalized spacial score (nSPS) is 10.3. The van der Waals surface area contributed by atoms with Crippen molar-refractivity contribution in [3.05, 3.63) is 52.1 Å². The van der Waals surface area contributed by atoms with Gasteiger partial charge in [-0.1, -0.05) is 25.1 Å². The van der Waals surface area contributed by atoms with Crippen molar-refractivity contribution in [1.82, 2.24) is 4.98 Å². The van der Waals surface area contributed by atoms with Crippen molar-refractivity contribution in [2.45, 2.75) is 20.3 Å². The van der Waals surface area contributed by atoms with E-state index < -0.39 is 0 Å². The van der Waals surface area contributed by atoms with Crippen LogP contribution in [0, 0.1) is 6.92 Å². The fraction of sp³-hybridized carbons (Fsp3) is 0.214. The van der Waals surface area contributed by atoms with Gasteiger partial charge < -0.3 is 5.32 Å². The Morgan fingerprint density at radius 1 is 1.24 bits per heavy atom. The quantitative estimate of drug-likeness (QED) is 0.903. The molecule has 0 radical (unpaired) electrons. The number of benzene rings is 1. The number of rotatable bonds is 3. The minimum atomic E-state index is 0.867. The van der Waals surface area contributed by atoms with Gasteiger partial charge >= 0.3 is 0 Å². The molecule has 2 nitrogen and oxygen atoms in total. The molecule has 2 rings (SSSR count). The van der Waals surface area contributed by atoms with Crippen molar-refractivity contribution in [2.75, 3.05) is 5.32 Å². The number of aromatic nitrogens is 1. The van der Waals surface area contributed by atoms with E-state index in [0.717, 1.165) is 22.4 Å². The molecule has 0 bridgehead atoms. The average Bonchev–Trinajstić information content (AvgIpc) is 2.35. The van der Waals surface area contributed by atoms with Gasteiger partial charge in [-0.15, -0.1) is 0 Å². The van der Waals surface area contributed by atoms with E-state index in [2.05, 4.69) is 58.3 Å². The predicted molar refractivity (Wildman–Crippen MR) is 75.8 cm³/mol.